The maximum atomic E-state index is 6.07. The Morgan fingerprint density at radius 2 is 1.31 bits per heavy atom. The molecule has 3 aromatic carbocycles. The molecule has 0 amide bonds. The fourth-order valence-electron chi connectivity index (χ4n) is 3.87. The first-order valence-corrected chi connectivity index (χ1v) is 11.2. The Labute approximate surface area is 190 Å². The van der Waals surface area contributed by atoms with Crippen LogP contribution in [0.25, 0.3) is 11.3 Å². The highest BCUT2D eigenvalue weighted by Crippen LogP contribution is 2.29. The van der Waals surface area contributed by atoms with Crippen LogP contribution in [0.4, 0.5) is 0 Å². The SMILES string of the molecule is CCc1cccc(CC)c1-c1ccc(COc2cccc(Oc3ccccc3)c2)c(C)n1. The first kappa shape index (κ1) is 21.6. The third-order valence-corrected chi connectivity index (χ3v) is 5.63. The molecule has 4 rings (SSSR count). The number of nitrogens with zero attached hydrogens (tertiary/aromatic N) is 1. The third kappa shape index (κ3) is 5.00. The van der Waals surface area contributed by atoms with E-state index in [9.17, 15) is 0 Å². The van der Waals surface area contributed by atoms with Crippen LogP contribution in [-0.2, 0) is 19.4 Å². The second-order valence-corrected chi connectivity index (χ2v) is 7.78. The number of para-hydroxylation sites is 1. The van der Waals surface area contributed by atoms with Crippen LogP contribution in [0.3, 0.4) is 0 Å². The molecule has 0 unspecified atom stereocenters. The van der Waals surface area contributed by atoms with Crippen LogP contribution in [-0.4, -0.2) is 4.98 Å². The minimum absolute atomic E-state index is 0.462. The summed E-state index contributed by atoms with van der Waals surface area (Å²) in [5, 5.41) is 0. The average Bonchev–Trinajstić information content (AvgIpc) is 2.83. The normalized spacial score (nSPS) is 10.7. The van der Waals surface area contributed by atoms with Gasteiger partial charge in [0.15, 0.2) is 0 Å². The van der Waals surface area contributed by atoms with Gasteiger partial charge in [0.05, 0.1) is 5.69 Å². The molecule has 0 saturated carbocycles. The van der Waals surface area contributed by atoms with Gasteiger partial charge in [-0.25, -0.2) is 0 Å². The lowest BCUT2D eigenvalue weighted by molar-refractivity contribution is 0.303. The number of pyridine rings is 1. The predicted molar refractivity (Wildman–Crippen MR) is 130 cm³/mol. The van der Waals surface area contributed by atoms with Gasteiger partial charge in [0.25, 0.3) is 0 Å². The Bertz CT molecular complexity index is 1160. The summed E-state index contributed by atoms with van der Waals surface area (Å²) in [5.74, 6) is 2.33. The lowest BCUT2D eigenvalue weighted by atomic mass is 9.94. The zero-order valence-electron chi connectivity index (χ0n) is 19.0. The summed E-state index contributed by atoms with van der Waals surface area (Å²) >= 11 is 0. The second-order valence-electron chi connectivity index (χ2n) is 7.78. The topological polar surface area (TPSA) is 31.4 Å². The number of aromatic nitrogens is 1. The first-order valence-electron chi connectivity index (χ1n) is 11.2. The number of aryl methyl sites for hydroxylation is 3. The van der Waals surface area contributed by atoms with Crippen molar-refractivity contribution in [3.8, 4) is 28.5 Å². The molecule has 4 aromatic rings. The summed E-state index contributed by atoms with van der Waals surface area (Å²) in [5.41, 5.74) is 7.07. The van der Waals surface area contributed by atoms with E-state index in [1.54, 1.807) is 0 Å². The predicted octanol–water partition coefficient (Wildman–Crippen LogP) is 7.55. The van der Waals surface area contributed by atoms with Gasteiger partial charge in [0.2, 0.25) is 0 Å². The fourth-order valence-corrected chi connectivity index (χ4v) is 3.87. The van der Waals surface area contributed by atoms with E-state index in [4.69, 9.17) is 14.5 Å². The first-order chi connectivity index (χ1) is 15.7. The minimum atomic E-state index is 0.462. The molecule has 0 fully saturated rings. The molecule has 3 heteroatoms. The van der Waals surface area contributed by atoms with Crippen molar-refractivity contribution in [1.29, 1.82) is 0 Å². The summed E-state index contributed by atoms with van der Waals surface area (Å²) in [7, 11) is 0. The maximum absolute atomic E-state index is 6.07. The van der Waals surface area contributed by atoms with E-state index in [0.29, 0.717) is 6.61 Å². The summed E-state index contributed by atoms with van der Waals surface area (Å²) < 4.78 is 12.0. The lowest BCUT2D eigenvalue weighted by Gasteiger charge is -2.15. The number of rotatable bonds is 8. The Balaban J connectivity index is 1.49. The van der Waals surface area contributed by atoms with E-state index in [-0.39, 0.29) is 0 Å². The number of ether oxygens (including phenoxy) is 2. The highest BCUT2D eigenvalue weighted by molar-refractivity contribution is 5.68. The molecule has 0 aliphatic carbocycles. The van der Waals surface area contributed by atoms with Gasteiger partial charge < -0.3 is 9.47 Å². The van der Waals surface area contributed by atoms with Crippen molar-refractivity contribution in [3.05, 3.63) is 107 Å². The largest absolute Gasteiger partial charge is 0.489 e. The molecule has 0 bridgehead atoms. The standard InChI is InChI=1S/C29H29NO2/c1-4-22-11-9-12-23(5-2)29(22)28-18-17-24(21(3)30-28)20-31-26-15-10-16-27(19-26)32-25-13-7-6-8-14-25/h6-19H,4-5,20H2,1-3H3. The maximum Gasteiger partial charge on any atom is 0.131 e. The van der Waals surface area contributed by atoms with Crippen molar-refractivity contribution >= 4 is 0 Å². The van der Waals surface area contributed by atoms with Crippen LogP contribution in [0.1, 0.15) is 36.2 Å². The van der Waals surface area contributed by atoms with Crippen molar-refractivity contribution in [3.63, 3.8) is 0 Å². The molecule has 0 aliphatic rings. The van der Waals surface area contributed by atoms with Gasteiger partial charge >= 0.3 is 0 Å². The van der Waals surface area contributed by atoms with Gasteiger partial charge in [-0.2, -0.15) is 0 Å². The summed E-state index contributed by atoms with van der Waals surface area (Å²) in [6, 6.07) is 28.3. The highest BCUT2D eigenvalue weighted by atomic mass is 16.5. The molecule has 1 heterocycles. The smallest absolute Gasteiger partial charge is 0.131 e. The van der Waals surface area contributed by atoms with Crippen molar-refractivity contribution in [2.45, 2.75) is 40.2 Å². The van der Waals surface area contributed by atoms with Gasteiger partial charge in [0, 0.05) is 22.9 Å². The van der Waals surface area contributed by atoms with Crippen LogP contribution < -0.4 is 9.47 Å². The van der Waals surface area contributed by atoms with E-state index in [0.717, 1.165) is 47.0 Å². The molecule has 162 valence electrons. The quantitative estimate of drug-likeness (QED) is 0.293. The molecule has 0 saturated heterocycles. The van der Waals surface area contributed by atoms with Crippen LogP contribution in [0.5, 0.6) is 17.2 Å². The molecule has 3 nitrogen and oxygen atoms in total. The van der Waals surface area contributed by atoms with E-state index < -0.39 is 0 Å². The molecule has 0 spiro atoms. The zero-order valence-corrected chi connectivity index (χ0v) is 19.0. The number of benzene rings is 3. The molecular weight excluding hydrogens is 394 g/mol. The Morgan fingerprint density at radius 1 is 0.656 bits per heavy atom. The molecular formula is C29H29NO2. The van der Waals surface area contributed by atoms with E-state index in [2.05, 4.69) is 51.1 Å². The Morgan fingerprint density at radius 3 is 2.00 bits per heavy atom. The van der Waals surface area contributed by atoms with Crippen molar-refractivity contribution < 1.29 is 9.47 Å². The van der Waals surface area contributed by atoms with Crippen LogP contribution in [0, 0.1) is 6.92 Å². The minimum Gasteiger partial charge on any atom is -0.489 e. The molecule has 0 aliphatic heterocycles. The fraction of sp³-hybridized carbons (Fsp3) is 0.207. The highest BCUT2D eigenvalue weighted by Gasteiger charge is 2.12. The number of hydrogen-bond acceptors (Lipinski definition) is 3. The van der Waals surface area contributed by atoms with E-state index >= 15 is 0 Å². The Hall–Kier alpha value is -3.59. The van der Waals surface area contributed by atoms with Crippen LogP contribution in [0.15, 0.2) is 84.9 Å². The molecule has 0 N–H and O–H groups in total. The van der Waals surface area contributed by atoms with Crippen molar-refractivity contribution in [2.75, 3.05) is 0 Å². The molecule has 0 atom stereocenters. The summed E-state index contributed by atoms with van der Waals surface area (Å²) in [4.78, 5) is 4.94. The lowest BCUT2D eigenvalue weighted by Crippen LogP contribution is -2.02. The average molecular weight is 424 g/mol. The van der Waals surface area contributed by atoms with E-state index in [1.165, 1.54) is 16.7 Å². The summed E-state index contributed by atoms with van der Waals surface area (Å²) in [6.07, 6.45) is 1.99. The van der Waals surface area contributed by atoms with Gasteiger partial charge in [-0.1, -0.05) is 62.4 Å². The molecule has 32 heavy (non-hydrogen) atoms. The van der Waals surface area contributed by atoms with Gasteiger partial charge in [-0.3, -0.25) is 4.98 Å². The van der Waals surface area contributed by atoms with E-state index in [1.807, 2.05) is 54.6 Å². The van der Waals surface area contributed by atoms with Crippen molar-refractivity contribution in [1.82, 2.24) is 4.98 Å². The second kappa shape index (κ2) is 10.1. The monoisotopic (exact) mass is 423 g/mol. The third-order valence-electron chi connectivity index (χ3n) is 5.63. The summed E-state index contributed by atoms with van der Waals surface area (Å²) in [6.45, 7) is 6.91. The number of hydrogen-bond donors (Lipinski definition) is 0. The van der Waals surface area contributed by atoms with Gasteiger partial charge in [0.1, 0.15) is 23.9 Å². The molecule has 1 aromatic heterocycles. The van der Waals surface area contributed by atoms with Crippen LogP contribution in [0.2, 0.25) is 0 Å². The van der Waals surface area contributed by atoms with Gasteiger partial charge in [-0.05, 0) is 61.2 Å². The van der Waals surface area contributed by atoms with Gasteiger partial charge in [-0.15, -0.1) is 0 Å². The zero-order chi connectivity index (χ0) is 22.3. The Kier molecular flexibility index (Phi) is 6.86. The van der Waals surface area contributed by atoms with Crippen molar-refractivity contribution in [2.24, 2.45) is 0 Å². The molecule has 0 radical (unpaired) electrons. The van der Waals surface area contributed by atoms with Crippen LogP contribution >= 0.6 is 0 Å².